The van der Waals surface area contributed by atoms with E-state index in [1.807, 2.05) is 25.1 Å². The maximum atomic E-state index is 11.8. The summed E-state index contributed by atoms with van der Waals surface area (Å²) >= 11 is 0. The summed E-state index contributed by atoms with van der Waals surface area (Å²) in [6.07, 6.45) is 1.16. The number of hydrogen-bond donors (Lipinski definition) is 1. The second-order valence-electron chi connectivity index (χ2n) is 5.30. The van der Waals surface area contributed by atoms with E-state index in [0.29, 0.717) is 12.3 Å². The standard InChI is InChI=1S/C17H19NO4S/c1-13-4-3-5-15(10-13)22-12-17(19)18-11-14-6-8-16(9-7-14)23(2,20)21/h3-10H,11-12H2,1-2H3,(H,18,19). The highest BCUT2D eigenvalue weighted by Gasteiger charge is 2.07. The molecule has 2 aromatic carbocycles. The summed E-state index contributed by atoms with van der Waals surface area (Å²) in [5, 5.41) is 2.73. The van der Waals surface area contributed by atoms with E-state index >= 15 is 0 Å². The van der Waals surface area contributed by atoms with E-state index in [1.54, 1.807) is 18.2 Å². The highest BCUT2D eigenvalue weighted by Crippen LogP contribution is 2.12. The van der Waals surface area contributed by atoms with Crippen molar-refractivity contribution in [3.63, 3.8) is 0 Å². The summed E-state index contributed by atoms with van der Waals surface area (Å²) in [6.45, 7) is 2.21. The molecule has 2 aromatic rings. The average molecular weight is 333 g/mol. The van der Waals surface area contributed by atoms with E-state index in [1.165, 1.54) is 12.1 Å². The normalized spacial score (nSPS) is 11.0. The first-order valence-corrected chi connectivity index (χ1v) is 8.99. The SMILES string of the molecule is Cc1cccc(OCC(=O)NCc2ccc(S(C)(=O)=O)cc2)c1. The van der Waals surface area contributed by atoms with Gasteiger partial charge >= 0.3 is 0 Å². The van der Waals surface area contributed by atoms with Crippen molar-refractivity contribution in [2.24, 2.45) is 0 Å². The Hall–Kier alpha value is -2.34. The lowest BCUT2D eigenvalue weighted by Crippen LogP contribution is -2.28. The number of hydrogen-bond acceptors (Lipinski definition) is 4. The third-order valence-electron chi connectivity index (χ3n) is 3.20. The molecular formula is C17H19NO4S. The van der Waals surface area contributed by atoms with Crippen LogP contribution in [0.4, 0.5) is 0 Å². The molecule has 0 fully saturated rings. The zero-order valence-corrected chi connectivity index (χ0v) is 13.9. The van der Waals surface area contributed by atoms with Crippen LogP contribution in [0.15, 0.2) is 53.4 Å². The van der Waals surface area contributed by atoms with Gasteiger partial charge in [0.25, 0.3) is 5.91 Å². The maximum Gasteiger partial charge on any atom is 0.258 e. The third kappa shape index (κ3) is 5.41. The minimum absolute atomic E-state index is 0.0646. The van der Waals surface area contributed by atoms with Gasteiger partial charge in [-0.2, -0.15) is 0 Å². The van der Waals surface area contributed by atoms with Crippen LogP contribution in [0.5, 0.6) is 5.75 Å². The van der Waals surface area contributed by atoms with Crippen LogP contribution >= 0.6 is 0 Å². The number of carbonyl (C=O) groups excluding carboxylic acids is 1. The third-order valence-corrected chi connectivity index (χ3v) is 4.33. The summed E-state index contributed by atoms with van der Waals surface area (Å²) in [6, 6.07) is 13.9. The van der Waals surface area contributed by atoms with Crippen molar-refractivity contribution in [1.82, 2.24) is 5.32 Å². The van der Waals surface area contributed by atoms with Crippen molar-refractivity contribution in [1.29, 1.82) is 0 Å². The summed E-state index contributed by atoms with van der Waals surface area (Å²) in [5.41, 5.74) is 1.88. The topological polar surface area (TPSA) is 72.5 Å². The minimum Gasteiger partial charge on any atom is -0.484 e. The van der Waals surface area contributed by atoms with E-state index in [9.17, 15) is 13.2 Å². The van der Waals surface area contributed by atoms with Gasteiger partial charge in [-0.25, -0.2) is 8.42 Å². The molecule has 0 heterocycles. The second kappa shape index (κ2) is 7.28. The van der Waals surface area contributed by atoms with Crippen molar-refractivity contribution >= 4 is 15.7 Å². The molecule has 5 nitrogen and oxygen atoms in total. The van der Waals surface area contributed by atoms with Gasteiger partial charge in [0.15, 0.2) is 16.4 Å². The molecule has 0 aliphatic rings. The number of carbonyl (C=O) groups is 1. The molecule has 23 heavy (non-hydrogen) atoms. The van der Waals surface area contributed by atoms with Gasteiger partial charge < -0.3 is 10.1 Å². The Balaban J connectivity index is 1.82. The van der Waals surface area contributed by atoms with E-state index in [-0.39, 0.29) is 17.4 Å². The molecule has 6 heteroatoms. The monoisotopic (exact) mass is 333 g/mol. The second-order valence-corrected chi connectivity index (χ2v) is 7.31. The fourth-order valence-electron chi connectivity index (χ4n) is 1.96. The van der Waals surface area contributed by atoms with Crippen molar-refractivity contribution in [3.8, 4) is 5.75 Å². The number of ether oxygens (including phenoxy) is 1. The van der Waals surface area contributed by atoms with Crippen molar-refractivity contribution < 1.29 is 17.9 Å². The number of nitrogens with one attached hydrogen (secondary N) is 1. The van der Waals surface area contributed by atoms with Gasteiger partial charge in [-0.05, 0) is 42.3 Å². The van der Waals surface area contributed by atoms with Crippen LogP contribution in [0, 0.1) is 6.92 Å². The van der Waals surface area contributed by atoms with Crippen LogP contribution in [0.3, 0.4) is 0 Å². The molecule has 0 saturated carbocycles. The fourth-order valence-corrected chi connectivity index (χ4v) is 2.59. The van der Waals surface area contributed by atoms with Gasteiger partial charge in [-0.1, -0.05) is 24.3 Å². The smallest absolute Gasteiger partial charge is 0.258 e. The molecule has 0 atom stereocenters. The van der Waals surface area contributed by atoms with Gasteiger partial charge in [0.05, 0.1) is 4.90 Å². The Kier molecular flexibility index (Phi) is 5.39. The van der Waals surface area contributed by atoms with Crippen LogP contribution in [0.25, 0.3) is 0 Å². The number of sulfone groups is 1. The molecule has 0 bridgehead atoms. The number of amides is 1. The van der Waals surface area contributed by atoms with Crippen LogP contribution in [-0.2, 0) is 21.2 Å². The maximum absolute atomic E-state index is 11.8. The lowest BCUT2D eigenvalue weighted by Gasteiger charge is -2.08. The number of benzene rings is 2. The first-order valence-electron chi connectivity index (χ1n) is 7.10. The van der Waals surface area contributed by atoms with Gasteiger partial charge in [-0.15, -0.1) is 0 Å². The molecule has 122 valence electrons. The number of rotatable bonds is 6. The van der Waals surface area contributed by atoms with Gasteiger partial charge in [0.2, 0.25) is 0 Å². The molecule has 0 aromatic heterocycles. The lowest BCUT2D eigenvalue weighted by atomic mass is 10.2. The highest BCUT2D eigenvalue weighted by atomic mass is 32.2. The quantitative estimate of drug-likeness (QED) is 0.878. The molecule has 0 spiro atoms. The molecule has 0 aliphatic heterocycles. The zero-order valence-electron chi connectivity index (χ0n) is 13.1. The van der Waals surface area contributed by atoms with Crippen molar-refractivity contribution in [2.45, 2.75) is 18.4 Å². The summed E-state index contributed by atoms with van der Waals surface area (Å²) in [7, 11) is -3.20. The summed E-state index contributed by atoms with van der Waals surface area (Å²) in [5.74, 6) is 0.413. The molecule has 2 rings (SSSR count). The average Bonchev–Trinajstić information content (AvgIpc) is 2.50. The Labute approximate surface area is 136 Å². The Bertz CT molecular complexity index is 782. The van der Waals surface area contributed by atoms with E-state index < -0.39 is 9.84 Å². The van der Waals surface area contributed by atoms with Gasteiger partial charge in [0, 0.05) is 12.8 Å². The molecule has 0 saturated heterocycles. The molecule has 1 N–H and O–H groups in total. The zero-order chi connectivity index (χ0) is 16.9. The number of aryl methyl sites for hydroxylation is 1. The molecular weight excluding hydrogens is 314 g/mol. The summed E-state index contributed by atoms with van der Waals surface area (Å²) < 4.78 is 28.1. The summed E-state index contributed by atoms with van der Waals surface area (Å²) in [4.78, 5) is 12.0. The van der Waals surface area contributed by atoms with Crippen LogP contribution in [-0.4, -0.2) is 27.2 Å². The van der Waals surface area contributed by atoms with Crippen LogP contribution in [0.2, 0.25) is 0 Å². The lowest BCUT2D eigenvalue weighted by molar-refractivity contribution is -0.123. The predicted molar refractivity (Wildman–Crippen MR) is 88.1 cm³/mol. The fraction of sp³-hybridized carbons (Fsp3) is 0.235. The van der Waals surface area contributed by atoms with E-state index in [0.717, 1.165) is 17.4 Å². The first-order chi connectivity index (χ1) is 10.8. The Morgan fingerprint density at radius 3 is 2.43 bits per heavy atom. The van der Waals surface area contributed by atoms with Crippen LogP contribution in [0.1, 0.15) is 11.1 Å². The Morgan fingerprint density at radius 2 is 1.83 bits per heavy atom. The van der Waals surface area contributed by atoms with E-state index in [4.69, 9.17) is 4.74 Å². The van der Waals surface area contributed by atoms with Gasteiger partial charge in [0.1, 0.15) is 5.75 Å². The Morgan fingerprint density at radius 1 is 1.13 bits per heavy atom. The highest BCUT2D eigenvalue weighted by molar-refractivity contribution is 7.90. The molecule has 0 radical (unpaired) electrons. The van der Waals surface area contributed by atoms with Crippen molar-refractivity contribution in [3.05, 3.63) is 59.7 Å². The minimum atomic E-state index is -3.20. The van der Waals surface area contributed by atoms with Crippen molar-refractivity contribution in [2.75, 3.05) is 12.9 Å². The van der Waals surface area contributed by atoms with Crippen LogP contribution < -0.4 is 10.1 Å². The predicted octanol–water partition coefficient (Wildman–Crippen LogP) is 2.09. The van der Waals surface area contributed by atoms with E-state index in [2.05, 4.69) is 5.32 Å². The van der Waals surface area contributed by atoms with Gasteiger partial charge in [-0.3, -0.25) is 4.79 Å². The largest absolute Gasteiger partial charge is 0.484 e. The first kappa shape index (κ1) is 17.0. The molecule has 0 aliphatic carbocycles. The molecule has 0 unspecified atom stereocenters. The molecule has 1 amide bonds.